The fourth-order valence-corrected chi connectivity index (χ4v) is 4.48. The molecule has 29 heavy (non-hydrogen) atoms. The van der Waals surface area contributed by atoms with Gasteiger partial charge in [0.2, 0.25) is 0 Å². The number of thiazole rings is 1. The summed E-state index contributed by atoms with van der Waals surface area (Å²) in [5.74, 6) is 0.542. The number of nitrogens with one attached hydrogen (secondary N) is 1. The summed E-state index contributed by atoms with van der Waals surface area (Å²) in [7, 11) is 1.63. The van der Waals surface area contributed by atoms with Crippen molar-refractivity contribution >= 4 is 33.1 Å². The van der Waals surface area contributed by atoms with Gasteiger partial charge in [0.15, 0.2) is 5.01 Å². The Kier molecular flexibility index (Phi) is 5.97. The number of amides is 1. The number of carbonyl (C=O) groups is 1. The summed E-state index contributed by atoms with van der Waals surface area (Å²) in [6.45, 7) is 5.72. The summed E-state index contributed by atoms with van der Waals surface area (Å²) in [5, 5.41) is 3.46. The Balaban J connectivity index is 1.52. The minimum absolute atomic E-state index is 0.145. The van der Waals surface area contributed by atoms with Gasteiger partial charge in [0.1, 0.15) is 11.3 Å². The smallest absolute Gasteiger partial charge is 0.280 e. The molecule has 1 saturated heterocycles. The number of methoxy groups -OCH3 is 1. The van der Waals surface area contributed by atoms with Crippen molar-refractivity contribution in [1.82, 2.24) is 10.3 Å². The van der Waals surface area contributed by atoms with Gasteiger partial charge in [0, 0.05) is 19.6 Å². The van der Waals surface area contributed by atoms with Crippen LogP contribution in [0, 0.1) is 6.92 Å². The van der Waals surface area contributed by atoms with Crippen molar-refractivity contribution < 1.29 is 14.3 Å². The molecule has 0 saturated carbocycles. The third-order valence-corrected chi connectivity index (χ3v) is 6.15. The van der Waals surface area contributed by atoms with E-state index in [9.17, 15) is 4.79 Å². The lowest BCUT2D eigenvalue weighted by molar-refractivity contribution is 0.0954. The lowest BCUT2D eigenvalue weighted by atomic mass is 10.1. The minimum atomic E-state index is -0.145. The van der Waals surface area contributed by atoms with Crippen LogP contribution in [0.1, 0.15) is 20.9 Å². The molecule has 0 atom stereocenters. The first-order chi connectivity index (χ1) is 14.2. The number of hydrogen-bond donors (Lipinski definition) is 1. The van der Waals surface area contributed by atoms with E-state index in [4.69, 9.17) is 9.47 Å². The zero-order valence-corrected chi connectivity index (χ0v) is 17.6. The predicted octanol–water partition coefficient (Wildman–Crippen LogP) is 3.42. The number of carbonyl (C=O) groups excluding carboxylic acids is 1. The molecule has 4 rings (SSSR count). The number of hydrogen-bond acceptors (Lipinski definition) is 6. The summed E-state index contributed by atoms with van der Waals surface area (Å²) in [5.41, 5.74) is 4.26. The second kappa shape index (κ2) is 8.80. The molecule has 152 valence electrons. The third-order valence-electron chi connectivity index (χ3n) is 5.07. The minimum Gasteiger partial charge on any atom is -0.494 e. The second-order valence-electron chi connectivity index (χ2n) is 7.07. The second-order valence-corrected chi connectivity index (χ2v) is 8.07. The monoisotopic (exact) mass is 411 g/mol. The molecule has 1 aliphatic rings. The van der Waals surface area contributed by atoms with E-state index in [1.54, 1.807) is 7.11 Å². The highest BCUT2D eigenvalue weighted by Crippen LogP contribution is 2.37. The van der Waals surface area contributed by atoms with Crippen molar-refractivity contribution in [1.29, 1.82) is 0 Å². The number of nitrogens with zero attached hydrogens (tertiary/aromatic N) is 2. The van der Waals surface area contributed by atoms with Crippen LogP contribution in [0.4, 0.5) is 5.69 Å². The Hall–Kier alpha value is -2.64. The van der Waals surface area contributed by atoms with Gasteiger partial charge in [0.05, 0.1) is 30.7 Å². The van der Waals surface area contributed by atoms with Crippen molar-refractivity contribution in [2.45, 2.75) is 13.3 Å². The van der Waals surface area contributed by atoms with Crippen LogP contribution >= 0.6 is 11.3 Å². The Bertz CT molecular complexity index is 994. The molecule has 0 aliphatic carbocycles. The Morgan fingerprint density at radius 1 is 1.21 bits per heavy atom. The number of ether oxygens (including phenoxy) is 2. The Morgan fingerprint density at radius 2 is 1.97 bits per heavy atom. The topological polar surface area (TPSA) is 63.7 Å². The van der Waals surface area contributed by atoms with E-state index in [0.29, 0.717) is 30.5 Å². The first-order valence-electron chi connectivity index (χ1n) is 9.79. The molecule has 2 heterocycles. The quantitative estimate of drug-likeness (QED) is 0.673. The molecule has 0 radical (unpaired) electrons. The fourth-order valence-electron chi connectivity index (χ4n) is 3.44. The van der Waals surface area contributed by atoms with E-state index in [1.165, 1.54) is 22.5 Å². The number of benzene rings is 2. The number of aromatic nitrogens is 1. The molecule has 1 amide bonds. The van der Waals surface area contributed by atoms with Crippen LogP contribution in [-0.4, -0.2) is 50.8 Å². The van der Waals surface area contributed by atoms with Crippen LogP contribution in [-0.2, 0) is 11.2 Å². The van der Waals surface area contributed by atoms with E-state index in [-0.39, 0.29) is 5.91 Å². The molecular formula is C22H25N3O3S. The molecule has 0 unspecified atom stereocenters. The highest BCUT2D eigenvalue weighted by atomic mass is 32.1. The van der Waals surface area contributed by atoms with E-state index < -0.39 is 0 Å². The molecule has 7 heteroatoms. The molecule has 0 bridgehead atoms. The number of anilines is 1. The zero-order valence-electron chi connectivity index (χ0n) is 16.7. The molecule has 0 spiro atoms. The Morgan fingerprint density at radius 3 is 2.69 bits per heavy atom. The van der Waals surface area contributed by atoms with Crippen molar-refractivity contribution in [3.63, 3.8) is 0 Å². The van der Waals surface area contributed by atoms with Crippen LogP contribution in [0.5, 0.6) is 5.75 Å². The first kappa shape index (κ1) is 19.7. The maximum atomic E-state index is 12.7. The highest BCUT2D eigenvalue weighted by molar-refractivity contribution is 7.21. The van der Waals surface area contributed by atoms with Gasteiger partial charge in [-0.1, -0.05) is 29.8 Å². The molecular weight excluding hydrogens is 386 g/mol. The lowest BCUT2D eigenvalue weighted by Crippen LogP contribution is -2.36. The average Bonchev–Trinajstić information content (AvgIpc) is 3.20. The standard InChI is InChI=1S/C22H25N3O3S/c1-15-3-5-16(6-4-15)9-10-23-21(26)22-24-19-18(27-2)8-7-17(20(19)29-22)25-11-13-28-14-12-25/h3-8H,9-14H2,1-2H3,(H,23,26). The maximum Gasteiger partial charge on any atom is 0.280 e. The number of fused-ring (bicyclic) bond motifs is 1. The summed E-state index contributed by atoms with van der Waals surface area (Å²) < 4.78 is 11.9. The Labute approximate surface area is 174 Å². The van der Waals surface area contributed by atoms with Crippen LogP contribution in [0.3, 0.4) is 0 Å². The molecule has 1 N–H and O–H groups in total. The molecule has 6 nitrogen and oxygen atoms in total. The summed E-state index contributed by atoms with van der Waals surface area (Å²) in [6, 6.07) is 12.3. The van der Waals surface area contributed by atoms with Gasteiger partial charge in [0.25, 0.3) is 5.91 Å². The van der Waals surface area contributed by atoms with Gasteiger partial charge in [-0.3, -0.25) is 4.79 Å². The third kappa shape index (κ3) is 4.36. The van der Waals surface area contributed by atoms with E-state index in [0.717, 1.165) is 35.4 Å². The molecule has 2 aromatic carbocycles. The van der Waals surface area contributed by atoms with Crippen molar-refractivity contribution in [2.24, 2.45) is 0 Å². The van der Waals surface area contributed by atoms with Gasteiger partial charge >= 0.3 is 0 Å². The normalized spacial score (nSPS) is 14.2. The van der Waals surface area contributed by atoms with Gasteiger partial charge < -0.3 is 19.7 Å². The van der Waals surface area contributed by atoms with Crippen LogP contribution in [0.25, 0.3) is 10.2 Å². The van der Waals surface area contributed by atoms with Crippen LogP contribution < -0.4 is 15.0 Å². The fraction of sp³-hybridized carbons (Fsp3) is 0.364. The van der Waals surface area contributed by atoms with Gasteiger partial charge in [-0.15, -0.1) is 11.3 Å². The van der Waals surface area contributed by atoms with Crippen LogP contribution in [0.15, 0.2) is 36.4 Å². The van der Waals surface area contributed by atoms with E-state index >= 15 is 0 Å². The first-order valence-corrected chi connectivity index (χ1v) is 10.6. The summed E-state index contributed by atoms with van der Waals surface area (Å²) in [6.07, 6.45) is 0.791. The molecule has 1 aliphatic heterocycles. The van der Waals surface area contributed by atoms with E-state index in [1.807, 2.05) is 12.1 Å². The maximum absolute atomic E-state index is 12.7. The van der Waals surface area contributed by atoms with Crippen LogP contribution in [0.2, 0.25) is 0 Å². The molecule has 1 fully saturated rings. The summed E-state index contributed by atoms with van der Waals surface area (Å²) >= 11 is 1.42. The predicted molar refractivity (Wildman–Crippen MR) is 116 cm³/mol. The lowest BCUT2D eigenvalue weighted by Gasteiger charge is -2.29. The van der Waals surface area contributed by atoms with Crippen molar-refractivity contribution in [3.8, 4) is 5.75 Å². The van der Waals surface area contributed by atoms with E-state index in [2.05, 4.69) is 46.4 Å². The van der Waals surface area contributed by atoms with Gasteiger partial charge in [-0.05, 0) is 31.0 Å². The molecule has 3 aromatic rings. The van der Waals surface area contributed by atoms with Gasteiger partial charge in [-0.2, -0.15) is 0 Å². The summed E-state index contributed by atoms with van der Waals surface area (Å²) in [4.78, 5) is 19.6. The van der Waals surface area contributed by atoms with Crippen molar-refractivity contribution in [2.75, 3.05) is 44.9 Å². The van der Waals surface area contributed by atoms with Gasteiger partial charge in [-0.25, -0.2) is 4.98 Å². The number of rotatable bonds is 6. The number of morpholine rings is 1. The SMILES string of the molecule is COc1ccc(N2CCOCC2)c2sc(C(=O)NCCc3ccc(C)cc3)nc12. The zero-order chi connectivity index (χ0) is 20.2. The largest absolute Gasteiger partial charge is 0.494 e. The average molecular weight is 412 g/mol. The molecule has 1 aromatic heterocycles. The highest BCUT2D eigenvalue weighted by Gasteiger charge is 2.21. The van der Waals surface area contributed by atoms with Crippen molar-refractivity contribution in [3.05, 3.63) is 52.5 Å². The number of aryl methyl sites for hydroxylation is 1.